The number of halogens is 1. The molecule has 21 heavy (non-hydrogen) atoms. The Morgan fingerprint density at radius 1 is 1.33 bits per heavy atom. The van der Waals surface area contributed by atoms with Crippen LogP contribution in [0.15, 0.2) is 24.3 Å². The highest BCUT2D eigenvalue weighted by atomic mass is 35.5. The molecule has 1 amide bonds. The highest BCUT2D eigenvalue weighted by molar-refractivity contribution is 6.30. The SMILES string of the molecule is CN(CCCOc1ccc(Cl)cc1)C(=O)C1CCNCC1. The van der Waals surface area contributed by atoms with E-state index in [1.807, 2.05) is 36.2 Å². The summed E-state index contributed by atoms with van der Waals surface area (Å²) in [4.78, 5) is 14.1. The maximum Gasteiger partial charge on any atom is 0.225 e. The highest BCUT2D eigenvalue weighted by Gasteiger charge is 2.23. The number of piperidine rings is 1. The van der Waals surface area contributed by atoms with E-state index in [2.05, 4.69) is 5.32 Å². The monoisotopic (exact) mass is 310 g/mol. The van der Waals surface area contributed by atoms with Crippen molar-refractivity contribution >= 4 is 17.5 Å². The molecule has 1 aliphatic heterocycles. The van der Waals surface area contributed by atoms with Gasteiger partial charge in [0.25, 0.3) is 0 Å². The van der Waals surface area contributed by atoms with Gasteiger partial charge in [0.2, 0.25) is 5.91 Å². The zero-order valence-corrected chi connectivity index (χ0v) is 13.2. The second-order valence-corrected chi connectivity index (χ2v) is 5.88. The normalized spacial score (nSPS) is 15.7. The van der Waals surface area contributed by atoms with E-state index in [9.17, 15) is 4.79 Å². The minimum absolute atomic E-state index is 0.188. The molecule has 1 aromatic carbocycles. The Hall–Kier alpha value is -1.26. The lowest BCUT2D eigenvalue weighted by molar-refractivity contribution is -0.135. The second kappa shape index (κ2) is 8.25. The second-order valence-electron chi connectivity index (χ2n) is 5.44. The Labute approximate surface area is 131 Å². The minimum Gasteiger partial charge on any atom is -0.494 e. The van der Waals surface area contributed by atoms with Crippen LogP contribution in [0.2, 0.25) is 5.02 Å². The Kier molecular flexibility index (Phi) is 6.33. The summed E-state index contributed by atoms with van der Waals surface area (Å²) < 4.78 is 5.63. The number of hydrogen-bond donors (Lipinski definition) is 1. The van der Waals surface area contributed by atoms with Gasteiger partial charge in [-0.25, -0.2) is 0 Å². The van der Waals surface area contributed by atoms with E-state index in [1.165, 1.54) is 0 Å². The van der Waals surface area contributed by atoms with Crippen molar-refractivity contribution in [3.05, 3.63) is 29.3 Å². The van der Waals surface area contributed by atoms with Crippen molar-refractivity contribution in [2.75, 3.05) is 33.3 Å². The lowest BCUT2D eigenvalue weighted by Crippen LogP contribution is -2.39. The van der Waals surface area contributed by atoms with E-state index in [-0.39, 0.29) is 11.8 Å². The number of nitrogens with zero attached hydrogens (tertiary/aromatic N) is 1. The van der Waals surface area contributed by atoms with E-state index in [0.29, 0.717) is 11.6 Å². The Balaban J connectivity index is 1.65. The van der Waals surface area contributed by atoms with Crippen LogP contribution >= 0.6 is 11.6 Å². The van der Waals surface area contributed by atoms with E-state index >= 15 is 0 Å². The molecule has 0 radical (unpaired) electrons. The van der Waals surface area contributed by atoms with Crippen LogP contribution in [0.1, 0.15) is 19.3 Å². The fourth-order valence-corrected chi connectivity index (χ4v) is 2.64. The first kappa shape index (κ1) is 16.1. The van der Waals surface area contributed by atoms with Crippen LogP contribution in [0, 0.1) is 5.92 Å². The molecule has 1 heterocycles. The third-order valence-corrected chi connectivity index (χ3v) is 4.04. The first-order valence-electron chi connectivity index (χ1n) is 7.51. The third-order valence-electron chi connectivity index (χ3n) is 3.78. The van der Waals surface area contributed by atoms with Gasteiger partial charge in [0.15, 0.2) is 0 Å². The summed E-state index contributed by atoms with van der Waals surface area (Å²) in [7, 11) is 1.88. The number of carbonyl (C=O) groups is 1. The van der Waals surface area contributed by atoms with Gasteiger partial charge >= 0.3 is 0 Å². The van der Waals surface area contributed by atoms with Gasteiger partial charge in [0.05, 0.1) is 6.61 Å². The molecule has 4 nitrogen and oxygen atoms in total. The van der Waals surface area contributed by atoms with Crippen molar-refractivity contribution in [2.24, 2.45) is 5.92 Å². The van der Waals surface area contributed by atoms with E-state index in [1.54, 1.807) is 0 Å². The molecule has 0 saturated carbocycles. The summed E-state index contributed by atoms with van der Waals surface area (Å²) in [5, 5.41) is 3.99. The zero-order chi connectivity index (χ0) is 15.1. The molecule has 1 fully saturated rings. The van der Waals surface area contributed by atoms with E-state index < -0.39 is 0 Å². The van der Waals surface area contributed by atoms with Crippen molar-refractivity contribution in [3.63, 3.8) is 0 Å². The van der Waals surface area contributed by atoms with Crippen LogP contribution in [-0.2, 0) is 4.79 Å². The van der Waals surface area contributed by atoms with Crippen LogP contribution in [0.5, 0.6) is 5.75 Å². The average molecular weight is 311 g/mol. The molecule has 0 spiro atoms. The third kappa shape index (κ3) is 5.21. The first-order chi connectivity index (χ1) is 10.2. The average Bonchev–Trinajstić information content (AvgIpc) is 2.53. The minimum atomic E-state index is 0.188. The number of amides is 1. The van der Waals surface area contributed by atoms with Gasteiger partial charge in [-0.2, -0.15) is 0 Å². The van der Waals surface area contributed by atoms with Crippen LogP contribution in [0.25, 0.3) is 0 Å². The topological polar surface area (TPSA) is 41.6 Å². The number of ether oxygens (including phenoxy) is 1. The molecule has 0 aromatic heterocycles. The zero-order valence-electron chi connectivity index (χ0n) is 12.5. The molecular weight excluding hydrogens is 288 g/mol. The van der Waals surface area contributed by atoms with Crippen molar-refractivity contribution in [1.82, 2.24) is 10.2 Å². The van der Waals surface area contributed by atoms with Crippen LogP contribution in [0.3, 0.4) is 0 Å². The summed E-state index contributed by atoms with van der Waals surface area (Å²) in [5.74, 6) is 1.27. The molecule has 0 atom stereocenters. The molecule has 5 heteroatoms. The maximum atomic E-state index is 12.2. The number of hydrogen-bond acceptors (Lipinski definition) is 3. The van der Waals surface area contributed by atoms with Gasteiger partial charge in [0.1, 0.15) is 5.75 Å². The molecule has 0 bridgehead atoms. The number of rotatable bonds is 6. The quantitative estimate of drug-likeness (QED) is 0.821. The van der Waals surface area contributed by atoms with Gasteiger partial charge in [-0.15, -0.1) is 0 Å². The van der Waals surface area contributed by atoms with Gasteiger partial charge in [0, 0.05) is 24.5 Å². The fourth-order valence-electron chi connectivity index (χ4n) is 2.51. The Morgan fingerprint density at radius 2 is 2.00 bits per heavy atom. The van der Waals surface area contributed by atoms with Gasteiger partial charge in [-0.05, 0) is 56.6 Å². The summed E-state index contributed by atoms with van der Waals surface area (Å²) in [6.07, 6.45) is 2.73. The fraction of sp³-hybridized carbons (Fsp3) is 0.562. The van der Waals surface area contributed by atoms with Crippen LogP contribution < -0.4 is 10.1 Å². The molecule has 0 aliphatic carbocycles. The molecule has 1 aliphatic rings. The maximum absolute atomic E-state index is 12.2. The van der Waals surface area contributed by atoms with E-state index in [4.69, 9.17) is 16.3 Å². The number of nitrogens with one attached hydrogen (secondary N) is 1. The molecule has 0 unspecified atom stereocenters. The summed E-state index contributed by atoms with van der Waals surface area (Å²) in [6.45, 7) is 3.23. The van der Waals surface area contributed by atoms with Gasteiger partial charge < -0.3 is 15.0 Å². The first-order valence-corrected chi connectivity index (χ1v) is 7.88. The molecule has 1 aromatic rings. The standard InChI is InChI=1S/C16H23ClN2O2/c1-19(16(20)13-7-9-18-10-8-13)11-2-12-21-15-5-3-14(17)4-6-15/h3-6,13,18H,2,7-12H2,1H3. The van der Waals surface area contributed by atoms with Crippen molar-refractivity contribution in [2.45, 2.75) is 19.3 Å². The summed E-state index contributed by atoms with van der Waals surface area (Å²) >= 11 is 5.82. The Bertz CT molecular complexity index is 444. The molecule has 116 valence electrons. The van der Waals surface area contributed by atoms with Crippen molar-refractivity contribution in [3.8, 4) is 5.75 Å². The molecular formula is C16H23ClN2O2. The highest BCUT2D eigenvalue weighted by Crippen LogP contribution is 2.16. The predicted octanol–water partition coefficient (Wildman–Crippen LogP) is 2.57. The number of carbonyl (C=O) groups excluding carboxylic acids is 1. The Morgan fingerprint density at radius 3 is 2.67 bits per heavy atom. The number of benzene rings is 1. The van der Waals surface area contributed by atoms with Crippen molar-refractivity contribution in [1.29, 1.82) is 0 Å². The van der Waals surface area contributed by atoms with Gasteiger partial charge in [-0.1, -0.05) is 11.6 Å². The van der Waals surface area contributed by atoms with Crippen LogP contribution in [0.4, 0.5) is 0 Å². The smallest absolute Gasteiger partial charge is 0.225 e. The van der Waals surface area contributed by atoms with E-state index in [0.717, 1.165) is 44.6 Å². The molecule has 1 N–H and O–H groups in total. The lowest BCUT2D eigenvalue weighted by Gasteiger charge is -2.26. The largest absolute Gasteiger partial charge is 0.494 e. The molecule has 2 rings (SSSR count). The van der Waals surface area contributed by atoms with Crippen LogP contribution in [-0.4, -0.2) is 44.1 Å². The predicted molar refractivity (Wildman–Crippen MR) is 84.8 cm³/mol. The lowest BCUT2D eigenvalue weighted by atomic mass is 9.97. The van der Waals surface area contributed by atoms with Crippen molar-refractivity contribution < 1.29 is 9.53 Å². The summed E-state index contributed by atoms with van der Waals surface area (Å²) in [6, 6.07) is 7.33. The van der Waals surface area contributed by atoms with Gasteiger partial charge in [-0.3, -0.25) is 4.79 Å². The molecule has 1 saturated heterocycles. The summed E-state index contributed by atoms with van der Waals surface area (Å²) in [5.41, 5.74) is 0.